The van der Waals surface area contributed by atoms with Crippen LogP contribution in [0.25, 0.3) is 0 Å². The van der Waals surface area contributed by atoms with Crippen LogP contribution in [0.1, 0.15) is 27.7 Å². The second kappa shape index (κ2) is 3.74. The molecule has 3 heteroatoms. The summed E-state index contributed by atoms with van der Waals surface area (Å²) < 4.78 is 0. The average Bonchev–Trinajstić information content (AvgIpc) is 2.69. The van der Waals surface area contributed by atoms with Gasteiger partial charge in [-0.25, -0.2) is 0 Å². The van der Waals surface area contributed by atoms with Gasteiger partial charge in [0.25, 0.3) is 0 Å². The zero-order chi connectivity index (χ0) is 13.7. The Bertz CT molecular complexity index is 460. The second-order valence-corrected chi connectivity index (χ2v) is 6.29. The number of carbonyl (C=O) groups excluding carboxylic acids is 1. The van der Waals surface area contributed by atoms with Crippen LogP contribution in [-0.4, -0.2) is 18.1 Å². The summed E-state index contributed by atoms with van der Waals surface area (Å²) >= 11 is 0. The van der Waals surface area contributed by atoms with Crippen molar-refractivity contribution in [3.8, 4) is 5.75 Å². The Morgan fingerprint density at radius 3 is 1.94 bits per heavy atom. The number of benzene rings is 1. The highest BCUT2D eigenvalue weighted by Gasteiger charge is 2.68. The van der Waals surface area contributed by atoms with Gasteiger partial charge in [-0.05, 0) is 35.1 Å². The smallest absolute Gasteiger partial charge is 0.230 e. The van der Waals surface area contributed by atoms with Crippen molar-refractivity contribution in [2.75, 3.05) is 11.9 Å². The lowest BCUT2D eigenvalue weighted by molar-refractivity contribution is -0.120. The summed E-state index contributed by atoms with van der Waals surface area (Å²) in [4.78, 5) is 14.2. The van der Waals surface area contributed by atoms with Crippen LogP contribution in [0, 0.1) is 16.7 Å². The molecule has 1 aliphatic rings. The van der Waals surface area contributed by atoms with Gasteiger partial charge in [0.05, 0.1) is 0 Å². The maximum absolute atomic E-state index is 12.5. The molecule has 1 aliphatic carbocycles. The third kappa shape index (κ3) is 1.69. The lowest BCUT2D eigenvalue weighted by Crippen LogP contribution is -2.29. The van der Waals surface area contributed by atoms with E-state index in [2.05, 4.69) is 27.7 Å². The molecule has 0 spiro atoms. The fourth-order valence-electron chi connectivity index (χ4n) is 2.81. The lowest BCUT2D eigenvalue weighted by Gasteiger charge is -2.18. The molecule has 0 heterocycles. The largest absolute Gasteiger partial charge is 0.508 e. The van der Waals surface area contributed by atoms with E-state index in [1.807, 2.05) is 0 Å². The van der Waals surface area contributed by atoms with Gasteiger partial charge in [0.15, 0.2) is 0 Å². The monoisotopic (exact) mass is 247 g/mol. The van der Waals surface area contributed by atoms with Crippen molar-refractivity contribution in [2.45, 2.75) is 27.7 Å². The van der Waals surface area contributed by atoms with Crippen LogP contribution in [0.5, 0.6) is 5.75 Å². The normalized spacial score (nSPS) is 20.5. The van der Waals surface area contributed by atoms with Crippen LogP contribution >= 0.6 is 0 Å². The van der Waals surface area contributed by atoms with Crippen molar-refractivity contribution in [1.82, 2.24) is 0 Å². The van der Waals surface area contributed by atoms with Crippen molar-refractivity contribution in [3.05, 3.63) is 24.3 Å². The highest BCUT2D eigenvalue weighted by Crippen LogP contribution is 2.68. The fraction of sp³-hybridized carbons (Fsp3) is 0.533. The number of phenols is 1. The van der Waals surface area contributed by atoms with Gasteiger partial charge in [-0.2, -0.15) is 0 Å². The molecular formula is C15H21NO2. The Morgan fingerprint density at radius 2 is 1.56 bits per heavy atom. The number of amides is 1. The highest BCUT2D eigenvalue weighted by molar-refractivity contribution is 5.97. The lowest BCUT2D eigenvalue weighted by atomic mass is 10.0. The van der Waals surface area contributed by atoms with E-state index >= 15 is 0 Å². The van der Waals surface area contributed by atoms with E-state index in [0.717, 1.165) is 5.69 Å². The Kier molecular flexibility index (Phi) is 2.69. The Hall–Kier alpha value is -1.51. The molecule has 2 rings (SSSR count). The molecule has 0 saturated heterocycles. The molecule has 3 nitrogen and oxygen atoms in total. The molecule has 1 aromatic rings. The summed E-state index contributed by atoms with van der Waals surface area (Å²) in [6.45, 7) is 8.56. The van der Waals surface area contributed by atoms with E-state index in [-0.39, 0.29) is 28.4 Å². The van der Waals surface area contributed by atoms with Gasteiger partial charge in [-0.15, -0.1) is 0 Å². The molecule has 0 atom stereocenters. The first-order valence-electron chi connectivity index (χ1n) is 6.26. The van der Waals surface area contributed by atoms with Crippen molar-refractivity contribution in [2.24, 2.45) is 16.7 Å². The van der Waals surface area contributed by atoms with Crippen LogP contribution in [0.4, 0.5) is 5.69 Å². The number of hydrogen-bond acceptors (Lipinski definition) is 2. The van der Waals surface area contributed by atoms with Crippen molar-refractivity contribution < 1.29 is 9.90 Å². The van der Waals surface area contributed by atoms with Gasteiger partial charge in [-0.3, -0.25) is 4.79 Å². The SMILES string of the molecule is CN(C(=O)C1C(C)(C)C1(C)C)c1ccc(O)cc1. The number of hydrogen-bond donors (Lipinski definition) is 1. The predicted octanol–water partition coefficient (Wildman–Crippen LogP) is 3.04. The zero-order valence-electron chi connectivity index (χ0n) is 11.7. The molecule has 1 amide bonds. The van der Waals surface area contributed by atoms with E-state index < -0.39 is 0 Å². The molecular weight excluding hydrogens is 226 g/mol. The maximum Gasteiger partial charge on any atom is 0.230 e. The maximum atomic E-state index is 12.5. The van der Waals surface area contributed by atoms with Crippen LogP contribution in [0.15, 0.2) is 24.3 Å². The molecule has 0 aromatic heterocycles. The fourth-order valence-corrected chi connectivity index (χ4v) is 2.81. The number of rotatable bonds is 2. The summed E-state index contributed by atoms with van der Waals surface area (Å²) in [6.07, 6.45) is 0. The van der Waals surface area contributed by atoms with Crippen LogP contribution in [-0.2, 0) is 4.79 Å². The Balaban J connectivity index is 2.19. The number of anilines is 1. The molecule has 0 aliphatic heterocycles. The first-order valence-corrected chi connectivity index (χ1v) is 6.26. The summed E-state index contributed by atoms with van der Waals surface area (Å²) in [6, 6.07) is 6.72. The molecule has 0 bridgehead atoms. The van der Waals surface area contributed by atoms with E-state index in [0.29, 0.717) is 0 Å². The third-order valence-electron chi connectivity index (χ3n) is 4.84. The third-order valence-corrected chi connectivity index (χ3v) is 4.84. The van der Waals surface area contributed by atoms with Gasteiger partial charge in [0, 0.05) is 18.7 Å². The van der Waals surface area contributed by atoms with Gasteiger partial charge >= 0.3 is 0 Å². The summed E-state index contributed by atoms with van der Waals surface area (Å²) in [5.41, 5.74) is 0.918. The summed E-state index contributed by atoms with van der Waals surface area (Å²) in [5, 5.41) is 9.26. The van der Waals surface area contributed by atoms with Crippen molar-refractivity contribution in [1.29, 1.82) is 0 Å². The number of nitrogens with zero attached hydrogens (tertiary/aromatic N) is 1. The summed E-state index contributed by atoms with van der Waals surface area (Å²) in [7, 11) is 1.79. The minimum atomic E-state index is 0.0509. The highest BCUT2D eigenvalue weighted by atomic mass is 16.3. The van der Waals surface area contributed by atoms with Gasteiger partial charge in [-0.1, -0.05) is 27.7 Å². The molecule has 98 valence electrons. The van der Waals surface area contributed by atoms with E-state index in [9.17, 15) is 9.90 Å². The van der Waals surface area contributed by atoms with E-state index in [1.165, 1.54) is 0 Å². The standard InChI is InChI=1S/C15H21NO2/c1-14(2)12(15(14,3)4)13(18)16(5)10-6-8-11(17)9-7-10/h6-9,12,17H,1-5H3. The number of carbonyl (C=O) groups is 1. The first kappa shape index (κ1) is 12.9. The number of aromatic hydroxyl groups is 1. The molecule has 18 heavy (non-hydrogen) atoms. The van der Waals surface area contributed by atoms with Crippen molar-refractivity contribution in [3.63, 3.8) is 0 Å². The van der Waals surface area contributed by atoms with Crippen LogP contribution in [0.2, 0.25) is 0 Å². The average molecular weight is 247 g/mol. The molecule has 0 radical (unpaired) electrons. The predicted molar refractivity (Wildman–Crippen MR) is 72.6 cm³/mol. The Labute approximate surface area is 108 Å². The van der Waals surface area contributed by atoms with Crippen LogP contribution < -0.4 is 4.90 Å². The molecule has 1 fully saturated rings. The van der Waals surface area contributed by atoms with Gasteiger partial charge < -0.3 is 10.0 Å². The first-order chi connectivity index (χ1) is 8.19. The van der Waals surface area contributed by atoms with Crippen LogP contribution in [0.3, 0.4) is 0 Å². The van der Waals surface area contributed by atoms with E-state index in [1.54, 1.807) is 36.2 Å². The van der Waals surface area contributed by atoms with Gasteiger partial charge in [0.1, 0.15) is 5.75 Å². The molecule has 1 aromatic carbocycles. The number of phenolic OH excluding ortho intramolecular Hbond substituents is 1. The van der Waals surface area contributed by atoms with E-state index in [4.69, 9.17) is 0 Å². The van der Waals surface area contributed by atoms with Crippen molar-refractivity contribution >= 4 is 11.6 Å². The molecule has 1 N–H and O–H groups in total. The minimum absolute atomic E-state index is 0.0509. The minimum Gasteiger partial charge on any atom is -0.508 e. The second-order valence-electron chi connectivity index (χ2n) is 6.29. The quantitative estimate of drug-likeness (QED) is 0.872. The molecule has 0 unspecified atom stereocenters. The molecule has 1 saturated carbocycles. The zero-order valence-corrected chi connectivity index (χ0v) is 11.7. The summed E-state index contributed by atoms with van der Waals surface area (Å²) in [5.74, 6) is 0.422. The van der Waals surface area contributed by atoms with Gasteiger partial charge in [0.2, 0.25) is 5.91 Å². The topological polar surface area (TPSA) is 40.5 Å². The Morgan fingerprint density at radius 1 is 1.11 bits per heavy atom.